The fraction of sp³-hybridized carbons (Fsp3) is 0.308. The van der Waals surface area contributed by atoms with Crippen LogP contribution in [0.15, 0.2) is 23.1 Å². The maximum absolute atomic E-state index is 12.2. The normalized spacial score (nSPS) is 13.9. The van der Waals surface area contributed by atoms with Crippen molar-refractivity contribution in [2.45, 2.75) is 23.7 Å². The summed E-state index contributed by atoms with van der Waals surface area (Å²) in [7, 11) is 0. The fourth-order valence-corrected chi connectivity index (χ4v) is 3.38. The Hall–Kier alpha value is -2.00. The van der Waals surface area contributed by atoms with Crippen LogP contribution in [0.2, 0.25) is 0 Å². The summed E-state index contributed by atoms with van der Waals surface area (Å²) in [6.07, 6.45) is 3.98. The van der Waals surface area contributed by atoms with Gasteiger partial charge in [-0.05, 0) is 31.2 Å². The van der Waals surface area contributed by atoms with Crippen molar-refractivity contribution in [1.82, 2.24) is 10.2 Å². The van der Waals surface area contributed by atoms with Crippen LogP contribution in [-0.2, 0) is 0 Å². The first-order chi connectivity index (χ1) is 10.6. The van der Waals surface area contributed by atoms with E-state index >= 15 is 0 Å². The second-order valence-corrected chi connectivity index (χ2v) is 6.67. The van der Waals surface area contributed by atoms with Gasteiger partial charge in [0.15, 0.2) is 0 Å². The molecule has 1 heterocycles. The van der Waals surface area contributed by atoms with Crippen molar-refractivity contribution in [2.75, 3.05) is 11.6 Å². The highest BCUT2D eigenvalue weighted by molar-refractivity contribution is 7.98. The molecular weight excluding hydrogens is 324 g/mol. The third-order valence-corrected chi connectivity index (χ3v) is 5.01. The molecule has 1 aromatic carbocycles. The first-order valence-electron chi connectivity index (χ1n) is 6.55. The zero-order valence-corrected chi connectivity index (χ0v) is 13.2. The van der Waals surface area contributed by atoms with Gasteiger partial charge in [-0.2, -0.15) is 0 Å². The quantitative estimate of drug-likeness (QED) is 0.511. The molecular formula is C13H12N4O3S2. The lowest BCUT2D eigenvalue weighted by Crippen LogP contribution is -2.12. The SMILES string of the molecule is CSc1ccc(C(=O)Nc2nnc(C3CC3)s2)cc1[N+](=O)[O-]. The third-order valence-electron chi connectivity index (χ3n) is 3.23. The number of hydrogen-bond acceptors (Lipinski definition) is 7. The van der Waals surface area contributed by atoms with Crippen LogP contribution in [0.25, 0.3) is 0 Å². The lowest BCUT2D eigenvalue weighted by atomic mass is 10.2. The standard InChI is InChI=1S/C13H12N4O3S2/c1-21-10-5-4-8(6-9(10)17(19)20)11(18)14-13-16-15-12(22-13)7-2-3-7/h4-7H,2-3H2,1H3,(H,14,16,18). The van der Waals surface area contributed by atoms with Gasteiger partial charge in [0.05, 0.1) is 9.82 Å². The highest BCUT2D eigenvalue weighted by Crippen LogP contribution is 2.42. The number of rotatable bonds is 5. The van der Waals surface area contributed by atoms with E-state index in [2.05, 4.69) is 15.5 Å². The molecule has 0 atom stereocenters. The van der Waals surface area contributed by atoms with Gasteiger partial charge in [-0.3, -0.25) is 20.2 Å². The molecule has 7 nitrogen and oxygen atoms in total. The maximum atomic E-state index is 12.2. The summed E-state index contributed by atoms with van der Waals surface area (Å²) in [6.45, 7) is 0. The van der Waals surface area contributed by atoms with E-state index in [1.807, 2.05) is 0 Å². The van der Waals surface area contributed by atoms with E-state index < -0.39 is 10.8 Å². The zero-order valence-electron chi connectivity index (χ0n) is 11.6. The Morgan fingerprint density at radius 3 is 2.86 bits per heavy atom. The molecule has 1 aliphatic rings. The average Bonchev–Trinajstić information content (AvgIpc) is 3.26. The first kappa shape index (κ1) is 14.9. The number of hydrogen-bond donors (Lipinski definition) is 1. The minimum absolute atomic E-state index is 0.0731. The number of nitrogens with zero attached hydrogens (tertiary/aromatic N) is 3. The van der Waals surface area contributed by atoms with Crippen molar-refractivity contribution in [2.24, 2.45) is 0 Å². The van der Waals surface area contributed by atoms with Crippen molar-refractivity contribution >= 4 is 39.8 Å². The van der Waals surface area contributed by atoms with E-state index in [1.54, 1.807) is 18.4 Å². The molecule has 1 aliphatic carbocycles. The number of nitrogens with one attached hydrogen (secondary N) is 1. The number of nitro benzene ring substituents is 1. The van der Waals surface area contributed by atoms with Crippen LogP contribution in [0, 0.1) is 10.1 Å². The molecule has 114 valence electrons. The summed E-state index contributed by atoms with van der Waals surface area (Å²) in [5.41, 5.74) is 0.156. The molecule has 0 radical (unpaired) electrons. The third kappa shape index (κ3) is 3.09. The maximum Gasteiger partial charge on any atom is 0.283 e. The van der Waals surface area contributed by atoms with Gasteiger partial charge >= 0.3 is 0 Å². The molecule has 3 rings (SSSR count). The minimum Gasteiger partial charge on any atom is -0.296 e. The van der Waals surface area contributed by atoms with Crippen LogP contribution in [-0.4, -0.2) is 27.3 Å². The van der Waals surface area contributed by atoms with Gasteiger partial charge in [-0.15, -0.1) is 22.0 Å². The number of amides is 1. The second kappa shape index (κ2) is 6.01. The highest BCUT2D eigenvalue weighted by atomic mass is 32.2. The van der Waals surface area contributed by atoms with Crippen LogP contribution in [0.5, 0.6) is 0 Å². The number of thioether (sulfide) groups is 1. The molecule has 1 N–H and O–H groups in total. The summed E-state index contributed by atoms with van der Waals surface area (Å²) in [6, 6.07) is 4.43. The molecule has 2 aromatic rings. The van der Waals surface area contributed by atoms with Gasteiger partial charge in [0.1, 0.15) is 5.01 Å². The summed E-state index contributed by atoms with van der Waals surface area (Å²) in [5, 5.41) is 23.0. The van der Waals surface area contributed by atoms with E-state index in [0.717, 1.165) is 17.8 Å². The molecule has 0 unspecified atom stereocenters. The fourth-order valence-electron chi connectivity index (χ4n) is 1.92. The van der Waals surface area contributed by atoms with Gasteiger partial charge in [0.2, 0.25) is 5.13 Å². The highest BCUT2D eigenvalue weighted by Gasteiger charge is 2.28. The second-order valence-electron chi connectivity index (χ2n) is 4.82. The molecule has 9 heteroatoms. The Balaban J connectivity index is 1.78. The van der Waals surface area contributed by atoms with Crippen molar-refractivity contribution in [3.8, 4) is 0 Å². The Kier molecular flexibility index (Phi) is 4.08. The Bertz CT molecular complexity index is 743. The Morgan fingerprint density at radius 2 is 2.23 bits per heavy atom. The molecule has 1 saturated carbocycles. The number of nitro groups is 1. The summed E-state index contributed by atoms with van der Waals surface area (Å²) < 4.78 is 0. The van der Waals surface area contributed by atoms with Crippen molar-refractivity contribution in [1.29, 1.82) is 0 Å². The van der Waals surface area contributed by atoms with Crippen molar-refractivity contribution < 1.29 is 9.72 Å². The molecule has 0 bridgehead atoms. The molecule has 22 heavy (non-hydrogen) atoms. The molecule has 0 saturated heterocycles. The van der Waals surface area contributed by atoms with E-state index in [9.17, 15) is 14.9 Å². The number of benzene rings is 1. The van der Waals surface area contributed by atoms with Gasteiger partial charge in [0.25, 0.3) is 11.6 Å². The summed E-state index contributed by atoms with van der Waals surface area (Å²) in [4.78, 5) is 23.3. The van der Waals surface area contributed by atoms with Crippen molar-refractivity contribution in [3.63, 3.8) is 0 Å². The lowest BCUT2D eigenvalue weighted by Gasteiger charge is -2.03. The first-order valence-corrected chi connectivity index (χ1v) is 8.60. The molecule has 1 aromatic heterocycles. The summed E-state index contributed by atoms with van der Waals surface area (Å²) in [5.74, 6) is 0.0550. The van der Waals surface area contributed by atoms with Gasteiger partial charge in [0, 0.05) is 17.5 Å². The number of anilines is 1. The Labute approximate surface area is 134 Å². The van der Waals surface area contributed by atoms with Gasteiger partial charge in [-0.1, -0.05) is 11.3 Å². The number of carbonyl (C=O) groups is 1. The van der Waals surface area contributed by atoms with Gasteiger partial charge in [-0.25, -0.2) is 0 Å². The van der Waals surface area contributed by atoms with Gasteiger partial charge < -0.3 is 0 Å². The van der Waals surface area contributed by atoms with Crippen LogP contribution in [0.4, 0.5) is 10.8 Å². The van der Waals surface area contributed by atoms with Crippen LogP contribution in [0.1, 0.15) is 34.1 Å². The largest absolute Gasteiger partial charge is 0.296 e. The lowest BCUT2D eigenvalue weighted by molar-refractivity contribution is -0.387. The van der Waals surface area contributed by atoms with Crippen molar-refractivity contribution in [3.05, 3.63) is 38.9 Å². The number of carbonyl (C=O) groups excluding carboxylic acids is 1. The predicted octanol–water partition coefficient (Wildman–Crippen LogP) is 3.30. The van der Waals surface area contributed by atoms with E-state index in [4.69, 9.17) is 0 Å². The smallest absolute Gasteiger partial charge is 0.283 e. The molecule has 1 fully saturated rings. The molecule has 0 aliphatic heterocycles. The van der Waals surface area contributed by atoms with Crippen LogP contribution >= 0.6 is 23.1 Å². The topological polar surface area (TPSA) is 98.0 Å². The monoisotopic (exact) mass is 336 g/mol. The van der Waals surface area contributed by atoms with Crippen LogP contribution in [0.3, 0.4) is 0 Å². The molecule has 1 amide bonds. The Morgan fingerprint density at radius 1 is 1.45 bits per heavy atom. The minimum atomic E-state index is -0.487. The van der Waals surface area contributed by atoms with E-state index in [0.29, 0.717) is 15.9 Å². The summed E-state index contributed by atoms with van der Waals surface area (Å²) >= 11 is 2.62. The zero-order chi connectivity index (χ0) is 15.7. The average molecular weight is 336 g/mol. The van der Waals surface area contributed by atoms with E-state index in [1.165, 1.54) is 29.2 Å². The van der Waals surface area contributed by atoms with Crippen LogP contribution < -0.4 is 5.32 Å². The predicted molar refractivity (Wildman–Crippen MR) is 84.7 cm³/mol. The number of aromatic nitrogens is 2. The van der Waals surface area contributed by atoms with E-state index in [-0.39, 0.29) is 11.3 Å². The molecule has 0 spiro atoms.